The van der Waals surface area contributed by atoms with Crippen molar-refractivity contribution in [2.24, 2.45) is 0 Å². The third-order valence-corrected chi connectivity index (χ3v) is 7.82. The van der Waals surface area contributed by atoms with Crippen molar-refractivity contribution in [2.45, 2.75) is 69.7 Å². The van der Waals surface area contributed by atoms with Crippen molar-refractivity contribution in [2.75, 3.05) is 32.8 Å². The van der Waals surface area contributed by atoms with Crippen LogP contribution in [0.1, 0.15) is 50.5 Å². The smallest absolute Gasteiger partial charge is 0.407 e. The average molecular weight is 565 g/mol. The maximum Gasteiger partial charge on any atom is 0.407 e. The molecule has 41 heavy (non-hydrogen) atoms. The van der Waals surface area contributed by atoms with Crippen LogP contribution >= 0.6 is 0 Å². The number of alkyl carbamates (subject to hydrolysis) is 1. The van der Waals surface area contributed by atoms with Crippen molar-refractivity contribution in [3.63, 3.8) is 0 Å². The number of hydrogen-bond donors (Lipinski definition) is 2. The summed E-state index contributed by atoms with van der Waals surface area (Å²) in [5, 5.41) is 8.77. The number of carbonyl (C=O) groups excluding carboxylic acids is 4. The van der Waals surface area contributed by atoms with Crippen molar-refractivity contribution in [1.82, 2.24) is 30.5 Å². The molecule has 2 N–H and O–H groups in total. The first-order chi connectivity index (χ1) is 19.9. The van der Waals surface area contributed by atoms with E-state index in [1.54, 1.807) is 9.91 Å². The molecule has 0 bridgehead atoms. The number of terminal acetylenes is 1. The Morgan fingerprint density at radius 1 is 1.12 bits per heavy atom. The number of carbonyl (C=O) groups is 4. The zero-order valence-electron chi connectivity index (χ0n) is 23.5. The van der Waals surface area contributed by atoms with Crippen molar-refractivity contribution < 1.29 is 23.9 Å². The van der Waals surface area contributed by atoms with Gasteiger partial charge in [0.2, 0.25) is 11.8 Å². The normalized spacial score (nSPS) is 21.6. The molecule has 1 aliphatic carbocycles. The van der Waals surface area contributed by atoms with E-state index in [0.717, 1.165) is 37.7 Å². The summed E-state index contributed by atoms with van der Waals surface area (Å²) in [4.78, 5) is 56.5. The minimum absolute atomic E-state index is 0.0558. The van der Waals surface area contributed by atoms with Crippen molar-refractivity contribution in [1.29, 1.82) is 0 Å². The molecule has 0 aromatic heterocycles. The Hall–Kier alpha value is -4.04. The third-order valence-electron chi connectivity index (χ3n) is 7.82. The fourth-order valence-corrected chi connectivity index (χ4v) is 5.92. The Balaban J connectivity index is 1.56. The van der Waals surface area contributed by atoms with Gasteiger partial charge < -0.3 is 25.2 Å². The molecule has 0 spiro atoms. The molecule has 2 saturated heterocycles. The van der Waals surface area contributed by atoms with Crippen LogP contribution in [0.25, 0.3) is 0 Å². The summed E-state index contributed by atoms with van der Waals surface area (Å²) in [6.45, 7) is 4.39. The summed E-state index contributed by atoms with van der Waals surface area (Å²) in [6, 6.07) is 8.48. The lowest BCUT2D eigenvalue weighted by Gasteiger charge is -2.56. The molecule has 2 aliphatic heterocycles. The van der Waals surface area contributed by atoms with Crippen LogP contribution < -0.4 is 10.6 Å². The lowest BCUT2D eigenvalue weighted by Crippen LogP contribution is -2.77. The maximum absolute atomic E-state index is 13.9. The molecule has 3 fully saturated rings. The van der Waals surface area contributed by atoms with Gasteiger partial charge in [0.05, 0.1) is 19.6 Å². The Bertz CT molecular complexity index is 1130. The lowest BCUT2D eigenvalue weighted by atomic mass is 9.91. The predicted molar refractivity (Wildman–Crippen MR) is 153 cm³/mol. The minimum Gasteiger partial charge on any atom is -0.445 e. The molecule has 11 nitrogen and oxygen atoms in total. The molecule has 5 amide bonds. The van der Waals surface area contributed by atoms with Gasteiger partial charge in [-0.15, -0.1) is 6.42 Å². The monoisotopic (exact) mass is 564 g/mol. The van der Waals surface area contributed by atoms with Crippen LogP contribution in [0.3, 0.4) is 0 Å². The summed E-state index contributed by atoms with van der Waals surface area (Å²) in [7, 11) is 0. The van der Waals surface area contributed by atoms with E-state index < -0.39 is 18.3 Å². The number of urea groups is 1. The quantitative estimate of drug-likeness (QED) is 0.256. The molecule has 1 saturated carbocycles. The second-order valence-electron chi connectivity index (χ2n) is 10.6. The third kappa shape index (κ3) is 7.38. The summed E-state index contributed by atoms with van der Waals surface area (Å²) in [5.41, 5.74) is 0.939. The molecule has 4 rings (SSSR count). The van der Waals surface area contributed by atoms with Crippen molar-refractivity contribution in [3.05, 3.63) is 48.6 Å². The standard InChI is InChI=1S/C30H40N6O5/c1-3-18-33-22-27(37)35-25(16-11-17-31-30(40)41-19-4-2)28(38)34(24-14-9-6-10-15-24)21-26(35)36(33)29(39)32-20-23-12-7-5-8-13-23/h1,4-5,7-8,12-13,24-26H,2,6,9-11,14-22H2,(H,31,40)(H,32,39)/t25-,26?/m0/s1. The molecule has 3 aliphatic rings. The van der Waals surface area contributed by atoms with E-state index in [-0.39, 0.29) is 56.7 Å². The van der Waals surface area contributed by atoms with Crippen molar-refractivity contribution >= 4 is 23.9 Å². The molecule has 1 unspecified atom stereocenters. The molecule has 1 aromatic carbocycles. The van der Waals surface area contributed by atoms with E-state index in [9.17, 15) is 19.2 Å². The molecular formula is C30H40N6O5. The van der Waals surface area contributed by atoms with E-state index in [1.807, 2.05) is 35.2 Å². The number of nitrogens with zero attached hydrogens (tertiary/aromatic N) is 4. The molecule has 2 atom stereocenters. The first-order valence-electron chi connectivity index (χ1n) is 14.4. The number of hydrogen-bond acceptors (Lipinski definition) is 6. The maximum atomic E-state index is 13.9. The molecule has 2 heterocycles. The van der Waals surface area contributed by atoms with Crippen LogP contribution in [0.5, 0.6) is 0 Å². The number of fused-ring (bicyclic) bond motifs is 1. The number of piperazine rings is 1. The summed E-state index contributed by atoms with van der Waals surface area (Å²) in [5.74, 6) is 2.21. The van der Waals surface area contributed by atoms with Gasteiger partial charge >= 0.3 is 12.1 Å². The molecule has 0 radical (unpaired) electrons. The van der Waals surface area contributed by atoms with Crippen molar-refractivity contribution in [3.8, 4) is 12.3 Å². The second-order valence-corrected chi connectivity index (χ2v) is 10.6. The van der Waals surface area contributed by atoms with Crippen LogP contribution in [-0.2, 0) is 20.9 Å². The Labute approximate surface area is 241 Å². The number of hydrazine groups is 1. The predicted octanol–water partition coefficient (Wildman–Crippen LogP) is 2.45. The van der Waals surface area contributed by atoms with Crippen LogP contribution in [0.15, 0.2) is 43.0 Å². The molecular weight excluding hydrogens is 524 g/mol. The van der Waals surface area contributed by atoms with Gasteiger partial charge in [0.1, 0.15) is 18.8 Å². The van der Waals surface area contributed by atoms with Gasteiger partial charge in [-0.25, -0.2) is 14.6 Å². The van der Waals surface area contributed by atoms with Crippen LogP contribution in [0.2, 0.25) is 0 Å². The number of ether oxygens (including phenoxy) is 1. The Morgan fingerprint density at radius 3 is 2.59 bits per heavy atom. The number of rotatable bonds is 10. The van der Waals surface area contributed by atoms with E-state index in [1.165, 1.54) is 11.1 Å². The highest BCUT2D eigenvalue weighted by molar-refractivity contribution is 5.91. The minimum atomic E-state index is -0.758. The first kappa shape index (κ1) is 29.9. The average Bonchev–Trinajstić information content (AvgIpc) is 2.99. The van der Waals surface area contributed by atoms with Gasteiger partial charge in [0.25, 0.3) is 0 Å². The van der Waals surface area contributed by atoms with E-state index in [4.69, 9.17) is 11.2 Å². The van der Waals surface area contributed by atoms with Crippen LogP contribution in [0, 0.1) is 12.3 Å². The molecule has 11 heteroatoms. The van der Waals surface area contributed by atoms with Gasteiger partial charge in [0, 0.05) is 19.1 Å². The van der Waals surface area contributed by atoms with Gasteiger partial charge in [-0.3, -0.25) is 9.59 Å². The fourth-order valence-electron chi connectivity index (χ4n) is 5.92. The van der Waals surface area contributed by atoms with E-state index in [2.05, 4.69) is 23.1 Å². The second kappa shape index (κ2) is 14.6. The number of nitrogens with one attached hydrogen (secondary N) is 2. The van der Waals surface area contributed by atoms with Gasteiger partial charge in [0.15, 0.2) is 0 Å². The molecule has 1 aromatic rings. The lowest BCUT2D eigenvalue weighted by molar-refractivity contribution is -0.192. The Morgan fingerprint density at radius 2 is 1.88 bits per heavy atom. The zero-order chi connectivity index (χ0) is 29.2. The van der Waals surface area contributed by atoms with Gasteiger partial charge in [-0.2, -0.15) is 5.01 Å². The fraction of sp³-hybridized carbons (Fsp3) is 0.533. The SMILES string of the molecule is C#CCN1CC(=O)N2C(CN(C3CCCCC3)C(=O)[C@@H]2CCCNC(=O)OCC=C)N1C(=O)NCc1ccccc1. The molecule has 220 valence electrons. The largest absolute Gasteiger partial charge is 0.445 e. The summed E-state index contributed by atoms with van der Waals surface area (Å²) in [6.07, 6.45) is 11.6. The van der Waals surface area contributed by atoms with E-state index in [0.29, 0.717) is 19.4 Å². The van der Waals surface area contributed by atoms with Gasteiger partial charge in [-0.05, 0) is 31.2 Å². The van der Waals surface area contributed by atoms with Gasteiger partial charge in [-0.1, -0.05) is 68.2 Å². The summed E-state index contributed by atoms with van der Waals surface area (Å²) < 4.78 is 4.95. The summed E-state index contributed by atoms with van der Waals surface area (Å²) >= 11 is 0. The van der Waals surface area contributed by atoms with Crippen LogP contribution in [0.4, 0.5) is 9.59 Å². The highest BCUT2D eigenvalue weighted by atomic mass is 16.5. The zero-order valence-corrected chi connectivity index (χ0v) is 23.5. The number of benzene rings is 1. The first-order valence-corrected chi connectivity index (χ1v) is 14.4. The topological polar surface area (TPSA) is 115 Å². The van der Waals surface area contributed by atoms with Crippen LogP contribution in [-0.4, -0.2) is 94.8 Å². The van der Waals surface area contributed by atoms with E-state index >= 15 is 0 Å². The number of amides is 5. The highest BCUT2D eigenvalue weighted by Gasteiger charge is 2.52. The Kier molecular flexibility index (Phi) is 10.6. The highest BCUT2D eigenvalue weighted by Crippen LogP contribution is 2.32.